The lowest BCUT2D eigenvalue weighted by molar-refractivity contribution is -0.118. The van der Waals surface area contributed by atoms with Gasteiger partial charge in [-0.3, -0.25) is 9.59 Å². The lowest BCUT2D eigenvalue weighted by Gasteiger charge is -2.28. The third-order valence-corrected chi connectivity index (χ3v) is 4.29. The number of fused-ring (bicyclic) bond motifs is 1. The molecule has 0 radical (unpaired) electrons. The fourth-order valence-electron chi connectivity index (χ4n) is 2.51. The molecule has 0 unspecified atom stereocenters. The van der Waals surface area contributed by atoms with Crippen molar-refractivity contribution >= 4 is 28.7 Å². The largest absolute Gasteiger partial charge is 0.535 e. The lowest BCUT2D eigenvalue weighted by atomic mass is 9.64. The first-order chi connectivity index (χ1) is 10.7. The van der Waals surface area contributed by atoms with Crippen molar-refractivity contribution in [3.8, 4) is 5.75 Å². The second-order valence-corrected chi connectivity index (χ2v) is 7.49. The standard InChI is InChI=1S/C14H18BNO6S/c1-9(17)13-5-3-4-10-6-11(15(19)22-14(10)13)7-12(18)8-16-23(2,20)21/h3-5,11,16,19H,6-8H2,1-2H3/t11-/m1/s1. The van der Waals surface area contributed by atoms with E-state index in [-0.39, 0.29) is 24.5 Å². The molecule has 0 spiro atoms. The molecule has 0 aromatic heterocycles. The Kier molecular flexibility index (Phi) is 5.23. The third-order valence-electron chi connectivity index (χ3n) is 3.62. The quantitative estimate of drug-likeness (QED) is 0.565. The van der Waals surface area contributed by atoms with Crippen molar-refractivity contribution in [3.05, 3.63) is 29.3 Å². The van der Waals surface area contributed by atoms with Crippen molar-refractivity contribution in [3.63, 3.8) is 0 Å². The van der Waals surface area contributed by atoms with Crippen LogP contribution in [0.5, 0.6) is 5.75 Å². The van der Waals surface area contributed by atoms with Crippen LogP contribution in [0.1, 0.15) is 29.3 Å². The number of ketones is 2. The van der Waals surface area contributed by atoms with Gasteiger partial charge in [-0.05, 0) is 25.0 Å². The van der Waals surface area contributed by atoms with Crippen LogP contribution >= 0.6 is 0 Å². The van der Waals surface area contributed by atoms with E-state index >= 15 is 0 Å². The number of hydrogen-bond donors (Lipinski definition) is 2. The molecule has 1 aliphatic heterocycles. The summed E-state index contributed by atoms with van der Waals surface area (Å²) in [5.74, 6) is -0.640. The molecule has 1 atom stereocenters. The molecule has 1 aromatic rings. The summed E-state index contributed by atoms with van der Waals surface area (Å²) in [7, 11) is -4.66. The molecule has 0 aliphatic carbocycles. The Balaban J connectivity index is 2.08. The van der Waals surface area contributed by atoms with Crippen LogP contribution in [0.3, 0.4) is 0 Å². The zero-order valence-electron chi connectivity index (χ0n) is 12.9. The number of benzene rings is 1. The Morgan fingerprint density at radius 1 is 1.43 bits per heavy atom. The molecule has 1 aliphatic rings. The molecule has 23 heavy (non-hydrogen) atoms. The first-order valence-corrected chi connectivity index (χ1v) is 9.00. The summed E-state index contributed by atoms with van der Waals surface area (Å²) < 4.78 is 29.5. The molecule has 1 aromatic carbocycles. The minimum absolute atomic E-state index is 0.0204. The van der Waals surface area contributed by atoms with Gasteiger partial charge in [-0.15, -0.1) is 0 Å². The van der Waals surface area contributed by atoms with Crippen LogP contribution in [0.15, 0.2) is 18.2 Å². The molecule has 9 heteroatoms. The van der Waals surface area contributed by atoms with E-state index in [1.54, 1.807) is 18.2 Å². The van der Waals surface area contributed by atoms with Crippen LogP contribution in [0, 0.1) is 0 Å². The highest BCUT2D eigenvalue weighted by Crippen LogP contribution is 2.36. The molecule has 0 bridgehead atoms. The maximum Gasteiger partial charge on any atom is 0.526 e. The van der Waals surface area contributed by atoms with Gasteiger partial charge in [-0.25, -0.2) is 13.1 Å². The van der Waals surface area contributed by atoms with Crippen LogP contribution in [0.25, 0.3) is 0 Å². The summed E-state index contributed by atoms with van der Waals surface area (Å²) >= 11 is 0. The maximum atomic E-state index is 11.8. The topological polar surface area (TPSA) is 110 Å². The normalized spacial score (nSPS) is 17.3. The molecule has 0 amide bonds. The number of Topliss-reactive ketones (excluding diaryl/α,β-unsaturated/α-hetero) is 2. The van der Waals surface area contributed by atoms with Gasteiger partial charge in [0.1, 0.15) is 11.5 Å². The van der Waals surface area contributed by atoms with Crippen molar-refractivity contribution in [1.29, 1.82) is 0 Å². The van der Waals surface area contributed by atoms with E-state index in [1.807, 2.05) is 0 Å². The summed E-state index contributed by atoms with van der Waals surface area (Å²) in [5.41, 5.74) is 1.14. The van der Waals surface area contributed by atoms with E-state index in [1.165, 1.54) is 6.92 Å². The SMILES string of the molecule is CC(=O)c1cccc2c1OB(O)[C@@H](CC(=O)CNS(C)(=O)=O)C2. The Hall–Kier alpha value is -1.71. The van der Waals surface area contributed by atoms with E-state index in [2.05, 4.69) is 4.72 Å². The zero-order chi connectivity index (χ0) is 17.2. The van der Waals surface area contributed by atoms with Gasteiger partial charge in [0.05, 0.1) is 18.4 Å². The first-order valence-electron chi connectivity index (χ1n) is 7.11. The smallest absolute Gasteiger partial charge is 0.526 e. The average molecular weight is 339 g/mol. The second kappa shape index (κ2) is 6.82. The Morgan fingerprint density at radius 2 is 2.13 bits per heavy atom. The van der Waals surface area contributed by atoms with Gasteiger partial charge >= 0.3 is 7.12 Å². The highest BCUT2D eigenvalue weighted by molar-refractivity contribution is 7.88. The minimum atomic E-state index is -3.44. The van der Waals surface area contributed by atoms with Gasteiger partial charge in [0.2, 0.25) is 10.0 Å². The molecule has 7 nitrogen and oxygen atoms in total. The van der Waals surface area contributed by atoms with Crippen LogP contribution in [-0.2, 0) is 21.2 Å². The Labute approximate surface area is 135 Å². The number of hydrogen-bond acceptors (Lipinski definition) is 6. The average Bonchev–Trinajstić information content (AvgIpc) is 2.44. The fraction of sp³-hybridized carbons (Fsp3) is 0.429. The van der Waals surface area contributed by atoms with Gasteiger partial charge in [0, 0.05) is 12.2 Å². The molecular weight excluding hydrogens is 321 g/mol. The highest BCUT2D eigenvalue weighted by atomic mass is 32.2. The van der Waals surface area contributed by atoms with Crippen molar-refractivity contribution in [2.45, 2.75) is 25.6 Å². The minimum Gasteiger partial charge on any atom is -0.535 e. The Bertz CT molecular complexity index is 733. The number of carbonyl (C=O) groups excluding carboxylic acids is 2. The molecule has 0 saturated carbocycles. The first kappa shape index (κ1) is 17.6. The van der Waals surface area contributed by atoms with Crippen molar-refractivity contribution in [2.75, 3.05) is 12.8 Å². The summed E-state index contributed by atoms with van der Waals surface area (Å²) in [6.07, 6.45) is 1.33. The van der Waals surface area contributed by atoms with Gasteiger partial charge < -0.3 is 9.68 Å². The number of nitrogens with one attached hydrogen (secondary N) is 1. The van der Waals surface area contributed by atoms with Crippen molar-refractivity contribution in [1.82, 2.24) is 4.72 Å². The van der Waals surface area contributed by atoms with Crippen molar-refractivity contribution < 1.29 is 27.7 Å². The monoisotopic (exact) mass is 339 g/mol. The number of sulfonamides is 1. The predicted molar refractivity (Wildman–Crippen MR) is 85.0 cm³/mol. The molecule has 1 heterocycles. The molecule has 2 rings (SSSR count). The van der Waals surface area contributed by atoms with Crippen LogP contribution < -0.4 is 9.38 Å². The maximum absolute atomic E-state index is 11.8. The summed E-state index contributed by atoms with van der Waals surface area (Å²) in [5, 5.41) is 10.1. The predicted octanol–water partition coefficient (Wildman–Crippen LogP) is 0.183. The molecule has 124 valence electrons. The van der Waals surface area contributed by atoms with Gasteiger partial charge in [0.25, 0.3) is 0 Å². The number of para-hydroxylation sites is 1. The number of carbonyl (C=O) groups is 2. The van der Waals surface area contributed by atoms with E-state index in [0.717, 1.165) is 11.8 Å². The second-order valence-electron chi connectivity index (χ2n) is 5.66. The zero-order valence-corrected chi connectivity index (χ0v) is 13.7. The fourth-order valence-corrected chi connectivity index (χ4v) is 2.93. The lowest BCUT2D eigenvalue weighted by Crippen LogP contribution is -2.37. The molecule has 0 saturated heterocycles. The van der Waals surface area contributed by atoms with Gasteiger partial charge in [-0.1, -0.05) is 12.1 Å². The molecule has 2 N–H and O–H groups in total. The van der Waals surface area contributed by atoms with Crippen LogP contribution in [0.4, 0.5) is 0 Å². The molecular formula is C14H18BNO6S. The van der Waals surface area contributed by atoms with Crippen molar-refractivity contribution in [2.24, 2.45) is 0 Å². The third kappa shape index (κ3) is 4.63. The van der Waals surface area contributed by atoms with E-state index in [9.17, 15) is 23.0 Å². The molecule has 0 fully saturated rings. The summed E-state index contributed by atoms with van der Waals surface area (Å²) in [6.45, 7) is 1.10. The number of rotatable bonds is 6. The van der Waals surface area contributed by atoms with E-state index < -0.39 is 23.0 Å². The van der Waals surface area contributed by atoms with Crippen LogP contribution in [0.2, 0.25) is 5.82 Å². The van der Waals surface area contributed by atoms with Gasteiger partial charge in [-0.2, -0.15) is 0 Å². The van der Waals surface area contributed by atoms with Crippen LogP contribution in [-0.4, -0.2) is 44.9 Å². The van der Waals surface area contributed by atoms with Gasteiger partial charge in [0.15, 0.2) is 5.78 Å². The Morgan fingerprint density at radius 3 is 2.74 bits per heavy atom. The highest BCUT2D eigenvalue weighted by Gasteiger charge is 2.37. The summed E-state index contributed by atoms with van der Waals surface area (Å²) in [4.78, 5) is 23.4. The summed E-state index contributed by atoms with van der Waals surface area (Å²) in [6, 6.07) is 5.12. The van der Waals surface area contributed by atoms with E-state index in [4.69, 9.17) is 4.65 Å². The van der Waals surface area contributed by atoms with E-state index in [0.29, 0.717) is 17.7 Å².